The first-order valence-electron chi connectivity index (χ1n) is 14.1. The molecule has 0 aliphatic carbocycles. The summed E-state index contributed by atoms with van der Waals surface area (Å²) in [5, 5.41) is 3.42. The molecule has 5 rings (SSSR count). The van der Waals surface area contributed by atoms with E-state index in [1.54, 1.807) is 17.7 Å². The summed E-state index contributed by atoms with van der Waals surface area (Å²) in [6.07, 6.45) is 0. The van der Waals surface area contributed by atoms with Crippen molar-refractivity contribution in [1.82, 2.24) is 10.0 Å². The summed E-state index contributed by atoms with van der Waals surface area (Å²) < 4.78 is 68.8. The minimum Gasteiger partial charge on any atom is -0.493 e. The molecule has 0 fully saturated rings. The fourth-order valence-corrected chi connectivity index (χ4v) is 6.78. The lowest BCUT2D eigenvalue weighted by molar-refractivity contribution is -0.000383. The van der Waals surface area contributed by atoms with Crippen LogP contribution in [0, 0.1) is 6.92 Å². The van der Waals surface area contributed by atoms with Crippen LogP contribution in [0.15, 0.2) is 71.6 Å². The number of hydrogen-bond acceptors (Lipinski definition) is 6. The van der Waals surface area contributed by atoms with E-state index in [9.17, 15) is 18.0 Å². The van der Waals surface area contributed by atoms with Gasteiger partial charge >= 0.3 is 6.03 Å². The molecule has 0 saturated carbocycles. The first-order valence-corrected chi connectivity index (χ1v) is 15.9. The molecule has 0 atom stereocenters. The Balaban J connectivity index is 1.37. The molecule has 0 bridgehead atoms. The number of nitrogens with one attached hydrogen (secondary N) is 2. The van der Waals surface area contributed by atoms with Crippen molar-refractivity contribution in [1.29, 1.82) is 0 Å². The Hall–Kier alpha value is -4.42. The number of hydrogen-bond donors (Lipinski definition) is 2. The number of alkyl halides is 2. The number of aryl methyl sites for hydroxylation is 1. The molecule has 0 spiro atoms. The van der Waals surface area contributed by atoms with E-state index in [0.717, 1.165) is 16.3 Å². The number of carbonyl (C=O) groups excluding carboxylic acids is 2. The van der Waals surface area contributed by atoms with Crippen LogP contribution in [0.25, 0.3) is 10.8 Å². The van der Waals surface area contributed by atoms with Gasteiger partial charge in [-0.3, -0.25) is 4.79 Å². The highest BCUT2D eigenvalue weighted by Crippen LogP contribution is 2.43. The highest BCUT2D eigenvalue weighted by molar-refractivity contribution is 7.90. The summed E-state index contributed by atoms with van der Waals surface area (Å²) in [5.41, 5.74) is 1.51. The Morgan fingerprint density at radius 2 is 1.71 bits per heavy atom. The van der Waals surface area contributed by atoms with Gasteiger partial charge in [-0.2, -0.15) is 8.78 Å². The number of rotatable bonds is 10. The third-order valence-corrected chi connectivity index (χ3v) is 9.13. The third kappa shape index (κ3) is 6.25. The van der Waals surface area contributed by atoms with Crippen LogP contribution in [0.2, 0.25) is 5.02 Å². The topological polar surface area (TPSA) is 114 Å². The number of ether oxygens (including phenoxy) is 2. The summed E-state index contributed by atoms with van der Waals surface area (Å²) in [7, 11) is -4.39. The van der Waals surface area contributed by atoms with Crippen LogP contribution >= 0.6 is 11.6 Å². The number of sulfonamides is 1. The lowest BCUT2D eigenvalue weighted by Gasteiger charge is -2.22. The monoisotopic (exact) mass is 657 g/mol. The molecule has 2 N–H and O–H groups in total. The number of nitrogens with zero attached hydrogens (tertiary/aromatic N) is 1. The minimum atomic E-state index is -4.39. The van der Waals surface area contributed by atoms with Crippen molar-refractivity contribution in [2.24, 2.45) is 0 Å². The van der Waals surface area contributed by atoms with Gasteiger partial charge in [-0.05, 0) is 73.7 Å². The van der Waals surface area contributed by atoms with Gasteiger partial charge in [0.1, 0.15) is 16.4 Å². The van der Waals surface area contributed by atoms with Gasteiger partial charge in [0.15, 0.2) is 0 Å². The predicted octanol–water partition coefficient (Wildman–Crippen LogP) is 6.54. The van der Waals surface area contributed by atoms with Crippen molar-refractivity contribution in [3.8, 4) is 11.5 Å². The van der Waals surface area contributed by atoms with Crippen molar-refractivity contribution in [2.45, 2.75) is 38.1 Å². The maximum absolute atomic E-state index is 15.2. The Bertz CT molecular complexity index is 1920. The zero-order valence-corrected chi connectivity index (χ0v) is 26.2. The second-order valence-electron chi connectivity index (χ2n) is 10.3. The van der Waals surface area contributed by atoms with Crippen LogP contribution in [0.1, 0.15) is 40.9 Å². The van der Waals surface area contributed by atoms with E-state index in [0.29, 0.717) is 41.5 Å². The van der Waals surface area contributed by atoms with Crippen molar-refractivity contribution in [3.63, 3.8) is 0 Å². The van der Waals surface area contributed by atoms with E-state index in [2.05, 4.69) is 0 Å². The van der Waals surface area contributed by atoms with Crippen molar-refractivity contribution in [2.75, 3.05) is 24.7 Å². The molecule has 0 saturated heterocycles. The van der Waals surface area contributed by atoms with Crippen molar-refractivity contribution in [3.05, 3.63) is 94.0 Å². The van der Waals surface area contributed by atoms with Gasteiger partial charge in [-0.25, -0.2) is 17.9 Å². The van der Waals surface area contributed by atoms with E-state index in [1.807, 2.05) is 37.4 Å². The summed E-state index contributed by atoms with van der Waals surface area (Å²) in [5.74, 6) is -2.84. The van der Waals surface area contributed by atoms with E-state index in [4.69, 9.17) is 21.1 Å². The van der Waals surface area contributed by atoms with Gasteiger partial charge < -0.3 is 19.7 Å². The van der Waals surface area contributed by atoms with Crippen LogP contribution in [0.3, 0.4) is 0 Å². The molecule has 9 nitrogen and oxygen atoms in total. The number of halogens is 3. The van der Waals surface area contributed by atoms with E-state index < -0.39 is 34.1 Å². The fraction of sp³-hybridized carbons (Fsp3) is 0.250. The summed E-state index contributed by atoms with van der Waals surface area (Å²) in [6.45, 7) is 5.06. The highest BCUT2D eigenvalue weighted by Gasteiger charge is 2.37. The zero-order valence-electron chi connectivity index (χ0n) is 24.6. The Morgan fingerprint density at radius 1 is 1.00 bits per heavy atom. The number of urea groups is 1. The molecule has 4 aromatic rings. The minimum absolute atomic E-state index is 0.129. The Morgan fingerprint density at radius 3 is 2.40 bits per heavy atom. The maximum atomic E-state index is 15.2. The lowest BCUT2D eigenvalue weighted by Crippen LogP contribution is -2.43. The summed E-state index contributed by atoms with van der Waals surface area (Å²) in [6, 6.07) is 15.3. The number of anilines is 1. The molecule has 1 aliphatic heterocycles. The lowest BCUT2D eigenvalue weighted by atomic mass is 9.99. The Labute approximate surface area is 264 Å². The molecule has 1 heterocycles. The zero-order chi connectivity index (χ0) is 32.5. The normalized spacial score (nSPS) is 13.1. The van der Waals surface area contributed by atoms with Gasteiger partial charge in [-0.1, -0.05) is 41.9 Å². The highest BCUT2D eigenvalue weighted by atomic mass is 35.5. The fourth-order valence-electron chi connectivity index (χ4n) is 5.33. The first kappa shape index (κ1) is 32.0. The van der Waals surface area contributed by atoms with Gasteiger partial charge in [0.05, 0.1) is 36.9 Å². The van der Waals surface area contributed by atoms with Gasteiger partial charge in [0.25, 0.3) is 21.9 Å². The van der Waals surface area contributed by atoms with Gasteiger partial charge in [-0.15, -0.1) is 0 Å². The van der Waals surface area contributed by atoms with E-state index >= 15 is 8.78 Å². The molecular weight excluding hydrogens is 628 g/mol. The number of benzene rings is 4. The molecular formula is C32H30ClF2N3O6S. The Kier molecular flexibility index (Phi) is 8.90. The van der Waals surface area contributed by atoms with Crippen LogP contribution < -0.4 is 24.4 Å². The molecule has 3 amide bonds. The van der Waals surface area contributed by atoms with Crippen molar-refractivity contribution < 1.29 is 36.3 Å². The quantitative estimate of drug-likeness (QED) is 0.200. The summed E-state index contributed by atoms with van der Waals surface area (Å²) >= 11 is 5.89. The molecule has 236 valence electrons. The molecule has 4 aromatic carbocycles. The van der Waals surface area contributed by atoms with Crippen LogP contribution in [0.4, 0.5) is 19.3 Å². The van der Waals surface area contributed by atoms with E-state index in [1.165, 1.54) is 47.4 Å². The molecule has 45 heavy (non-hydrogen) atoms. The first-order chi connectivity index (χ1) is 21.4. The standard InChI is InChI=1S/C32H30ClF2N3O6S/c1-4-43-25-11-8-9-20-16-26(44-5-2)29-22(28(20)25)17-38(30(29)39)24-14-13-21(15-19(24)3)32(34,35)18-36-31(40)37-45(41,42)27-12-7-6-10-23(27)33/h6-16H,4-5,17-18H2,1-3H3,(H2,36,37,40). The van der Waals surface area contributed by atoms with Crippen LogP contribution in [0.5, 0.6) is 11.5 Å². The smallest absolute Gasteiger partial charge is 0.328 e. The molecule has 0 radical (unpaired) electrons. The maximum Gasteiger partial charge on any atom is 0.328 e. The average Bonchev–Trinajstić information content (AvgIpc) is 3.33. The largest absolute Gasteiger partial charge is 0.493 e. The average molecular weight is 658 g/mol. The second-order valence-corrected chi connectivity index (χ2v) is 12.3. The number of amides is 3. The van der Waals surface area contributed by atoms with Gasteiger partial charge in [0, 0.05) is 16.6 Å². The van der Waals surface area contributed by atoms with Gasteiger partial charge in [0.2, 0.25) is 0 Å². The SMILES string of the molecule is CCOc1cc2cccc(OCC)c2c2c1C(=O)N(c1ccc(C(F)(F)CNC(=O)NS(=O)(=O)c3ccccc3Cl)cc1C)C2. The van der Waals surface area contributed by atoms with Crippen LogP contribution in [-0.2, 0) is 22.5 Å². The molecule has 13 heteroatoms. The molecule has 0 aromatic heterocycles. The van der Waals surface area contributed by atoms with Crippen LogP contribution in [-0.4, -0.2) is 40.1 Å². The third-order valence-electron chi connectivity index (χ3n) is 7.30. The molecule has 1 aliphatic rings. The predicted molar refractivity (Wildman–Crippen MR) is 167 cm³/mol. The van der Waals surface area contributed by atoms with E-state index in [-0.39, 0.29) is 22.4 Å². The number of fused-ring (bicyclic) bond motifs is 3. The second kappa shape index (κ2) is 12.5. The summed E-state index contributed by atoms with van der Waals surface area (Å²) in [4.78, 5) is 27.2. The molecule has 0 unspecified atom stereocenters. The number of carbonyl (C=O) groups is 2. The van der Waals surface area contributed by atoms with Crippen molar-refractivity contribution >= 4 is 50.0 Å².